The van der Waals surface area contributed by atoms with Gasteiger partial charge in [0, 0.05) is 12.1 Å². The quantitative estimate of drug-likeness (QED) is 0.733. The highest BCUT2D eigenvalue weighted by Crippen LogP contribution is 2.32. The predicted octanol–water partition coefficient (Wildman–Crippen LogP) is 1.33. The molecule has 0 aromatic heterocycles. The zero-order chi connectivity index (χ0) is 15.4. The summed E-state index contributed by atoms with van der Waals surface area (Å²) >= 11 is 0. The van der Waals surface area contributed by atoms with Crippen LogP contribution >= 0.6 is 0 Å². The van der Waals surface area contributed by atoms with Gasteiger partial charge in [0.25, 0.3) is 0 Å². The minimum Gasteiger partial charge on any atom is -0.352 e. The standard InChI is InChI=1S/C16H29N3O2/c1-10(2)17-15(20)11(3)18-16(21)14-9-8-12-6-4-5-7-13(12)19-14/h10-14,19H,4-9H2,1-3H3,(H,17,20)(H,18,21). The molecule has 1 heterocycles. The molecule has 0 spiro atoms. The minimum atomic E-state index is -0.481. The molecule has 3 N–H and O–H groups in total. The average molecular weight is 295 g/mol. The van der Waals surface area contributed by atoms with Crippen molar-refractivity contribution in [3.8, 4) is 0 Å². The Bertz CT molecular complexity index is 384. The van der Waals surface area contributed by atoms with E-state index in [1.54, 1.807) is 6.92 Å². The number of amides is 2. The van der Waals surface area contributed by atoms with Gasteiger partial charge in [-0.15, -0.1) is 0 Å². The van der Waals surface area contributed by atoms with Crippen LogP contribution in [-0.4, -0.2) is 36.0 Å². The lowest BCUT2D eigenvalue weighted by Gasteiger charge is -2.40. The molecule has 5 heteroatoms. The first-order valence-electron chi connectivity index (χ1n) is 8.34. The van der Waals surface area contributed by atoms with Gasteiger partial charge in [-0.3, -0.25) is 9.59 Å². The van der Waals surface area contributed by atoms with Gasteiger partial charge in [0.2, 0.25) is 11.8 Å². The van der Waals surface area contributed by atoms with Crippen molar-refractivity contribution in [1.29, 1.82) is 0 Å². The number of carbonyl (C=O) groups excluding carboxylic acids is 2. The van der Waals surface area contributed by atoms with Crippen LogP contribution in [0.15, 0.2) is 0 Å². The van der Waals surface area contributed by atoms with Crippen LogP contribution < -0.4 is 16.0 Å². The summed E-state index contributed by atoms with van der Waals surface area (Å²) in [5.74, 6) is 0.583. The summed E-state index contributed by atoms with van der Waals surface area (Å²) in [7, 11) is 0. The molecule has 1 aliphatic carbocycles. The fourth-order valence-corrected chi connectivity index (χ4v) is 3.49. The van der Waals surface area contributed by atoms with Crippen LogP contribution in [0.3, 0.4) is 0 Å². The molecule has 1 aliphatic heterocycles. The highest BCUT2D eigenvalue weighted by atomic mass is 16.2. The van der Waals surface area contributed by atoms with E-state index in [1.165, 1.54) is 25.7 Å². The number of rotatable bonds is 4. The maximum atomic E-state index is 12.3. The normalized spacial score (nSPS) is 30.4. The van der Waals surface area contributed by atoms with E-state index in [0.29, 0.717) is 6.04 Å². The summed E-state index contributed by atoms with van der Waals surface area (Å²) in [6.45, 7) is 5.57. The van der Waals surface area contributed by atoms with E-state index in [-0.39, 0.29) is 23.9 Å². The Labute approximate surface area is 127 Å². The van der Waals surface area contributed by atoms with Gasteiger partial charge in [0.1, 0.15) is 6.04 Å². The Hall–Kier alpha value is -1.10. The Balaban J connectivity index is 1.81. The van der Waals surface area contributed by atoms with Crippen LogP contribution in [0.2, 0.25) is 0 Å². The number of carbonyl (C=O) groups is 2. The van der Waals surface area contributed by atoms with Crippen molar-refractivity contribution in [2.75, 3.05) is 0 Å². The maximum Gasteiger partial charge on any atom is 0.242 e. The first-order valence-corrected chi connectivity index (χ1v) is 8.34. The monoisotopic (exact) mass is 295 g/mol. The van der Waals surface area contributed by atoms with Gasteiger partial charge in [-0.05, 0) is 52.4 Å². The van der Waals surface area contributed by atoms with E-state index in [4.69, 9.17) is 0 Å². The molecule has 2 fully saturated rings. The number of hydrogen-bond acceptors (Lipinski definition) is 3. The Kier molecular flexibility index (Phi) is 5.62. The molecule has 21 heavy (non-hydrogen) atoms. The average Bonchev–Trinajstić information content (AvgIpc) is 2.45. The fourth-order valence-electron chi connectivity index (χ4n) is 3.49. The summed E-state index contributed by atoms with van der Waals surface area (Å²) in [5.41, 5.74) is 0. The number of piperidine rings is 1. The molecule has 1 saturated heterocycles. The summed E-state index contributed by atoms with van der Waals surface area (Å²) in [4.78, 5) is 24.2. The van der Waals surface area contributed by atoms with E-state index in [2.05, 4.69) is 16.0 Å². The summed E-state index contributed by atoms with van der Waals surface area (Å²) in [6, 6.07) is -0.0415. The Morgan fingerprint density at radius 2 is 1.71 bits per heavy atom. The molecule has 4 atom stereocenters. The van der Waals surface area contributed by atoms with E-state index in [1.807, 2.05) is 13.8 Å². The molecule has 1 saturated carbocycles. The van der Waals surface area contributed by atoms with Crippen LogP contribution in [0.5, 0.6) is 0 Å². The fraction of sp³-hybridized carbons (Fsp3) is 0.875. The second-order valence-electron chi connectivity index (χ2n) is 6.84. The lowest BCUT2D eigenvalue weighted by molar-refractivity contribution is -0.130. The third kappa shape index (κ3) is 4.43. The molecule has 0 bridgehead atoms. The van der Waals surface area contributed by atoms with Crippen molar-refractivity contribution < 1.29 is 9.59 Å². The summed E-state index contributed by atoms with van der Waals surface area (Å²) in [5, 5.41) is 9.16. The second-order valence-corrected chi connectivity index (χ2v) is 6.84. The van der Waals surface area contributed by atoms with Crippen molar-refractivity contribution in [2.45, 2.75) is 83.5 Å². The predicted molar refractivity (Wildman–Crippen MR) is 82.8 cm³/mol. The van der Waals surface area contributed by atoms with Crippen molar-refractivity contribution in [2.24, 2.45) is 5.92 Å². The van der Waals surface area contributed by atoms with E-state index >= 15 is 0 Å². The summed E-state index contributed by atoms with van der Waals surface area (Å²) < 4.78 is 0. The zero-order valence-electron chi connectivity index (χ0n) is 13.4. The van der Waals surface area contributed by atoms with Gasteiger partial charge in [0.05, 0.1) is 6.04 Å². The third-order valence-corrected chi connectivity index (χ3v) is 4.65. The summed E-state index contributed by atoms with van der Waals surface area (Å²) in [6.07, 6.45) is 7.06. The molecule has 0 radical (unpaired) electrons. The molecule has 4 unspecified atom stereocenters. The van der Waals surface area contributed by atoms with E-state index < -0.39 is 6.04 Å². The van der Waals surface area contributed by atoms with E-state index in [9.17, 15) is 9.59 Å². The van der Waals surface area contributed by atoms with Gasteiger partial charge in [0.15, 0.2) is 0 Å². The van der Waals surface area contributed by atoms with Crippen LogP contribution in [0.1, 0.15) is 59.3 Å². The lowest BCUT2D eigenvalue weighted by atomic mass is 9.77. The molecule has 0 aromatic carbocycles. The topological polar surface area (TPSA) is 70.2 Å². The lowest BCUT2D eigenvalue weighted by Crippen LogP contribution is -2.57. The molecular weight excluding hydrogens is 266 g/mol. The molecule has 120 valence electrons. The number of nitrogens with one attached hydrogen (secondary N) is 3. The maximum absolute atomic E-state index is 12.3. The Morgan fingerprint density at radius 1 is 1.00 bits per heavy atom. The SMILES string of the molecule is CC(C)NC(=O)C(C)NC(=O)C1CCC2CCCCC2N1. The van der Waals surface area contributed by atoms with Crippen molar-refractivity contribution in [3.05, 3.63) is 0 Å². The third-order valence-electron chi connectivity index (χ3n) is 4.65. The van der Waals surface area contributed by atoms with Crippen molar-refractivity contribution in [3.63, 3.8) is 0 Å². The van der Waals surface area contributed by atoms with Gasteiger partial charge in [-0.25, -0.2) is 0 Å². The van der Waals surface area contributed by atoms with Gasteiger partial charge >= 0.3 is 0 Å². The molecule has 2 amide bonds. The van der Waals surface area contributed by atoms with Gasteiger partial charge in [-0.2, -0.15) is 0 Å². The molecule has 5 nitrogen and oxygen atoms in total. The van der Waals surface area contributed by atoms with Gasteiger partial charge < -0.3 is 16.0 Å². The molecule has 2 rings (SSSR count). The number of fused-ring (bicyclic) bond motifs is 1. The number of hydrogen-bond donors (Lipinski definition) is 3. The largest absolute Gasteiger partial charge is 0.352 e. The highest BCUT2D eigenvalue weighted by molar-refractivity contribution is 5.89. The minimum absolute atomic E-state index is 0.0366. The van der Waals surface area contributed by atoms with Crippen LogP contribution in [0.4, 0.5) is 0 Å². The van der Waals surface area contributed by atoms with Gasteiger partial charge in [-0.1, -0.05) is 12.8 Å². The first kappa shape index (κ1) is 16.3. The van der Waals surface area contributed by atoms with E-state index in [0.717, 1.165) is 18.8 Å². The highest BCUT2D eigenvalue weighted by Gasteiger charge is 2.35. The second kappa shape index (κ2) is 7.25. The van der Waals surface area contributed by atoms with Crippen molar-refractivity contribution >= 4 is 11.8 Å². The molecule has 2 aliphatic rings. The van der Waals surface area contributed by atoms with Crippen molar-refractivity contribution in [1.82, 2.24) is 16.0 Å². The Morgan fingerprint density at radius 3 is 2.43 bits per heavy atom. The molecule has 0 aromatic rings. The smallest absolute Gasteiger partial charge is 0.242 e. The van der Waals surface area contributed by atoms with Crippen LogP contribution in [0, 0.1) is 5.92 Å². The molecular formula is C16H29N3O2. The van der Waals surface area contributed by atoms with Crippen LogP contribution in [0.25, 0.3) is 0 Å². The zero-order valence-corrected chi connectivity index (χ0v) is 13.4. The first-order chi connectivity index (χ1) is 9.97. The van der Waals surface area contributed by atoms with Crippen LogP contribution in [-0.2, 0) is 9.59 Å².